The molecule has 4 N–H and O–H groups in total. The molecule has 2 heterocycles. The number of amides is 1. The molecule has 0 saturated carbocycles. The Balaban J connectivity index is 2.06. The number of ether oxygens (including phenoxy) is 1. The van der Waals surface area contributed by atoms with E-state index in [0.717, 1.165) is 19.4 Å². The number of nitrogens with one attached hydrogen (secondary N) is 2. The smallest absolute Gasteiger partial charge is 0.265 e. The molecule has 106 valence electrons. The van der Waals surface area contributed by atoms with Crippen molar-refractivity contribution in [3.05, 3.63) is 4.88 Å². The van der Waals surface area contributed by atoms with Crippen LogP contribution in [0.2, 0.25) is 0 Å². The second-order valence-electron chi connectivity index (χ2n) is 4.89. The minimum Gasteiger partial charge on any atom is -0.382 e. The minimum absolute atomic E-state index is 0.149. The van der Waals surface area contributed by atoms with Crippen LogP contribution in [0.25, 0.3) is 0 Å². The molecule has 1 fully saturated rings. The Labute approximate surface area is 116 Å². The van der Waals surface area contributed by atoms with Gasteiger partial charge in [0.05, 0.1) is 0 Å². The van der Waals surface area contributed by atoms with E-state index in [9.17, 15) is 4.79 Å². The third-order valence-electron chi connectivity index (χ3n) is 3.20. The molecule has 0 bridgehead atoms. The summed E-state index contributed by atoms with van der Waals surface area (Å²) in [5.41, 5.74) is 5.58. The molecule has 1 aromatic heterocycles. The maximum atomic E-state index is 12.3. The third-order valence-corrected chi connectivity index (χ3v) is 4.23. The van der Waals surface area contributed by atoms with Crippen LogP contribution < -0.4 is 16.4 Å². The van der Waals surface area contributed by atoms with Crippen molar-refractivity contribution in [2.24, 2.45) is 0 Å². The lowest BCUT2D eigenvalue weighted by molar-refractivity contribution is 0.0424. The molecule has 0 radical (unpaired) electrons. The molecule has 0 spiro atoms. The SMILES string of the molecule is CCNc1nc(N)c(C(=O)NC2(C)CCOCC2)s1. The summed E-state index contributed by atoms with van der Waals surface area (Å²) >= 11 is 1.29. The molecule has 1 aromatic rings. The zero-order chi connectivity index (χ0) is 13.9. The van der Waals surface area contributed by atoms with Gasteiger partial charge < -0.3 is 21.1 Å². The van der Waals surface area contributed by atoms with E-state index in [1.54, 1.807) is 0 Å². The van der Waals surface area contributed by atoms with Crippen molar-refractivity contribution >= 4 is 28.2 Å². The van der Waals surface area contributed by atoms with Crippen LogP contribution in [0.15, 0.2) is 0 Å². The summed E-state index contributed by atoms with van der Waals surface area (Å²) in [6.45, 7) is 6.12. The van der Waals surface area contributed by atoms with Gasteiger partial charge in [0.2, 0.25) is 0 Å². The summed E-state index contributed by atoms with van der Waals surface area (Å²) in [7, 11) is 0. The molecule has 2 rings (SSSR count). The molecule has 1 amide bonds. The van der Waals surface area contributed by atoms with Gasteiger partial charge in [-0.05, 0) is 26.7 Å². The number of carbonyl (C=O) groups excluding carboxylic acids is 1. The number of rotatable bonds is 4. The number of nitrogens with two attached hydrogens (primary N) is 1. The molecule has 1 aliphatic heterocycles. The van der Waals surface area contributed by atoms with Crippen LogP contribution in [0.4, 0.5) is 10.9 Å². The molecule has 19 heavy (non-hydrogen) atoms. The Kier molecular flexibility index (Phi) is 4.26. The fourth-order valence-electron chi connectivity index (χ4n) is 2.00. The first-order valence-corrected chi connectivity index (χ1v) is 7.26. The number of carbonyl (C=O) groups is 1. The number of anilines is 2. The van der Waals surface area contributed by atoms with Crippen molar-refractivity contribution in [1.29, 1.82) is 0 Å². The van der Waals surface area contributed by atoms with E-state index >= 15 is 0 Å². The maximum absolute atomic E-state index is 12.3. The molecular formula is C12H20N4O2S. The van der Waals surface area contributed by atoms with E-state index in [2.05, 4.69) is 15.6 Å². The van der Waals surface area contributed by atoms with Crippen LogP contribution in [-0.4, -0.2) is 36.2 Å². The number of nitrogens with zero attached hydrogens (tertiary/aromatic N) is 1. The minimum atomic E-state index is -0.218. The predicted octanol–water partition coefficient (Wildman–Crippen LogP) is 1.46. The number of aromatic nitrogens is 1. The second-order valence-corrected chi connectivity index (χ2v) is 5.89. The van der Waals surface area contributed by atoms with Crippen LogP contribution in [0.5, 0.6) is 0 Å². The van der Waals surface area contributed by atoms with Gasteiger partial charge in [-0.3, -0.25) is 4.79 Å². The lowest BCUT2D eigenvalue weighted by Gasteiger charge is -2.34. The summed E-state index contributed by atoms with van der Waals surface area (Å²) in [6, 6.07) is 0. The van der Waals surface area contributed by atoms with Crippen LogP contribution in [0.1, 0.15) is 36.4 Å². The zero-order valence-corrected chi connectivity index (χ0v) is 12.1. The largest absolute Gasteiger partial charge is 0.382 e. The zero-order valence-electron chi connectivity index (χ0n) is 11.3. The van der Waals surface area contributed by atoms with Crippen molar-refractivity contribution in [3.8, 4) is 0 Å². The highest BCUT2D eigenvalue weighted by molar-refractivity contribution is 7.18. The van der Waals surface area contributed by atoms with E-state index in [1.165, 1.54) is 11.3 Å². The summed E-state index contributed by atoms with van der Waals surface area (Å²) < 4.78 is 5.32. The van der Waals surface area contributed by atoms with Crippen LogP contribution in [0.3, 0.4) is 0 Å². The second kappa shape index (κ2) is 5.75. The number of nitrogen functional groups attached to an aromatic ring is 1. The molecule has 0 aromatic carbocycles. The highest BCUT2D eigenvalue weighted by Crippen LogP contribution is 2.27. The standard InChI is InChI=1S/C12H20N4O2S/c1-3-14-11-15-9(13)8(19-11)10(17)16-12(2)4-6-18-7-5-12/h3-7,13H2,1-2H3,(H,14,15)(H,16,17). The molecule has 0 aliphatic carbocycles. The maximum Gasteiger partial charge on any atom is 0.265 e. The van der Waals surface area contributed by atoms with Crippen molar-refractivity contribution in [1.82, 2.24) is 10.3 Å². The van der Waals surface area contributed by atoms with E-state index < -0.39 is 0 Å². The molecule has 1 aliphatic rings. The number of hydrogen-bond donors (Lipinski definition) is 3. The summed E-state index contributed by atoms with van der Waals surface area (Å²) in [4.78, 5) is 16.9. The first-order chi connectivity index (χ1) is 9.04. The van der Waals surface area contributed by atoms with Gasteiger partial charge in [-0.25, -0.2) is 4.98 Å². The number of hydrogen-bond acceptors (Lipinski definition) is 6. The lowest BCUT2D eigenvalue weighted by atomic mass is 9.92. The van der Waals surface area contributed by atoms with Gasteiger partial charge in [-0.2, -0.15) is 0 Å². The Bertz CT molecular complexity index is 455. The van der Waals surface area contributed by atoms with E-state index in [0.29, 0.717) is 23.2 Å². The highest BCUT2D eigenvalue weighted by Gasteiger charge is 2.30. The van der Waals surface area contributed by atoms with Crippen LogP contribution >= 0.6 is 11.3 Å². The highest BCUT2D eigenvalue weighted by atomic mass is 32.1. The Morgan fingerprint density at radius 3 is 2.84 bits per heavy atom. The van der Waals surface area contributed by atoms with E-state index in [-0.39, 0.29) is 17.3 Å². The van der Waals surface area contributed by atoms with Crippen molar-refractivity contribution in [2.45, 2.75) is 32.2 Å². The van der Waals surface area contributed by atoms with Crippen molar-refractivity contribution in [3.63, 3.8) is 0 Å². The monoisotopic (exact) mass is 284 g/mol. The van der Waals surface area contributed by atoms with Crippen LogP contribution in [0, 0.1) is 0 Å². The van der Waals surface area contributed by atoms with Gasteiger partial charge in [0.1, 0.15) is 10.7 Å². The molecule has 7 heteroatoms. The van der Waals surface area contributed by atoms with Gasteiger partial charge in [0.15, 0.2) is 5.13 Å². The fourth-order valence-corrected chi connectivity index (χ4v) is 2.85. The average Bonchev–Trinajstić information content (AvgIpc) is 2.71. The predicted molar refractivity (Wildman–Crippen MR) is 76.6 cm³/mol. The first kappa shape index (κ1) is 14.1. The molecular weight excluding hydrogens is 264 g/mol. The summed E-state index contributed by atoms with van der Waals surface area (Å²) in [5.74, 6) is 0.137. The Hall–Kier alpha value is -1.34. The Morgan fingerprint density at radius 1 is 1.53 bits per heavy atom. The van der Waals surface area contributed by atoms with Gasteiger partial charge in [0, 0.05) is 25.3 Å². The van der Waals surface area contributed by atoms with Gasteiger partial charge >= 0.3 is 0 Å². The van der Waals surface area contributed by atoms with Crippen molar-refractivity contribution in [2.75, 3.05) is 30.8 Å². The topological polar surface area (TPSA) is 89.3 Å². The quantitative estimate of drug-likeness (QED) is 0.779. The van der Waals surface area contributed by atoms with E-state index in [4.69, 9.17) is 10.5 Å². The fraction of sp³-hybridized carbons (Fsp3) is 0.667. The van der Waals surface area contributed by atoms with Gasteiger partial charge in [-0.15, -0.1) is 0 Å². The molecule has 6 nitrogen and oxygen atoms in total. The summed E-state index contributed by atoms with van der Waals surface area (Å²) in [6.07, 6.45) is 1.63. The van der Waals surface area contributed by atoms with Gasteiger partial charge in [-0.1, -0.05) is 11.3 Å². The third kappa shape index (κ3) is 3.36. The van der Waals surface area contributed by atoms with Crippen molar-refractivity contribution < 1.29 is 9.53 Å². The first-order valence-electron chi connectivity index (χ1n) is 6.44. The lowest BCUT2D eigenvalue weighted by Crippen LogP contribution is -2.49. The average molecular weight is 284 g/mol. The molecule has 1 saturated heterocycles. The van der Waals surface area contributed by atoms with E-state index in [1.807, 2.05) is 13.8 Å². The number of thiazole rings is 1. The molecule has 0 atom stereocenters. The van der Waals surface area contributed by atoms with Crippen LogP contribution in [-0.2, 0) is 4.74 Å². The Morgan fingerprint density at radius 2 is 2.21 bits per heavy atom. The summed E-state index contributed by atoms with van der Waals surface area (Å²) in [5, 5.41) is 6.80. The normalized spacial score (nSPS) is 18.0. The molecule has 0 unspecified atom stereocenters. The van der Waals surface area contributed by atoms with Gasteiger partial charge in [0.25, 0.3) is 5.91 Å².